The molecule has 0 saturated heterocycles. The lowest BCUT2D eigenvalue weighted by atomic mass is 10.0. The Morgan fingerprint density at radius 3 is 2.84 bits per heavy atom. The zero-order chi connectivity index (χ0) is 13.4. The highest BCUT2D eigenvalue weighted by Crippen LogP contribution is 2.32. The van der Waals surface area contributed by atoms with Crippen molar-refractivity contribution in [3.63, 3.8) is 0 Å². The van der Waals surface area contributed by atoms with Gasteiger partial charge in [0, 0.05) is 10.9 Å². The lowest BCUT2D eigenvalue weighted by molar-refractivity contribution is 0.409. The summed E-state index contributed by atoms with van der Waals surface area (Å²) in [5.41, 5.74) is 9.42. The predicted molar refractivity (Wildman–Crippen MR) is 75.1 cm³/mol. The summed E-state index contributed by atoms with van der Waals surface area (Å²) in [7, 11) is 1.62. The molecule has 96 valence electrons. The van der Waals surface area contributed by atoms with Crippen molar-refractivity contribution in [1.82, 2.24) is 4.98 Å². The first kappa shape index (κ1) is 11.6. The molecule has 0 atom stereocenters. The smallest absolute Gasteiger partial charge is 0.140 e. The lowest BCUT2D eigenvalue weighted by Gasteiger charge is -2.10. The van der Waals surface area contributed by atoms with Gasteiger partial charge in [-0.15, -0.1) is 0 Å². The van der Waals surface area contributed by atoms with Gasteiger partial charge in [-0.05, 0) is 30.7 Å². The number of aryl methyl sites for hydroxylation is 1. The van der Waals surface area contributed by atoms with E-state index < -0.39 is 0 Å². The van der Waals surface area contributed by atoms with Gasteiger partial charge in [0.2, 0.25) is 0 Å². The molecule has 1 aromatic carbocycles. The van der Waals surface area contributed by atoms with Crippen LogP contribution in [0.1, 0.15) is 5.69 Å². The molecule has 0 aliphatic heterocycles. The molecule has 0 aliphatic carbocycles. The zero-order valence-electron chi connectivity index (χ0n) is 10.8. The van der Waals surface area contributed by atoms with E-state index >= 15 is 0 Å². The molecule has 0 radical (unpaired) electrons. The van der Waals surface area contributed by atoms with Crippen molar-refractivity contribution in [2.75, 3.05) is 12.8 Å². The number of furan rings is 1. The molecule has 3 aromatic rings. The molecule has 0 bridgehead atoms. The first-order valence-electron chi connectivity index (χ1n) is 5.98. The van der Waals surface area contributed by atoms with Crippen molar-refractivity contribution in [3.8, 4) is 16.9 Å². The monoisotopic (exact) mass is 254 g/mol. The van der Waals surface area contributed by atoms with Crippen LogP contribution in [-0.2, 0) is 0 Å². The average Bonchev–Trinajstić information content (AvgIpc) is 2.86. The maximum Gasteiger partial charge on any atom is 0.140 e. The second-order valence-corrected chi connectivity index (χ2v) is 4.38. The summed E-state index contributed by atoms with van der Waals surface area (Å²) in [6.07, 6.45) is 1.67. The van der Waals surface area contributed by atoms with E-state index in [1.54, 1.807) is 13.4 Å². The lowest BCUT2D eigenvalue weighted by Crippen LogP contribution is -1.99. The molecule has 4 heteroatoms. The van der Waals surface area contributed by atoms with Crippen molar-refractivity contribution in [3.05, 3.63) is 42.3 Å². The average molecular weight is 254 g/mol. The summed E-state index contributed by atoms with van der Waals surface area (Å²) in [6, 6.07) is 9.79. The summed E-state index contributed by atoms with van der Waals surface area (Å²) >= 11 is 0. The number of rotatable bonds is 2. The molecule has 0 amide bonds. The largest absolute Gasteiger partial charge is 0.495 e. The van der Waals surface area contributed by atoms with Crippen molar-refractivity contribution in [1.29, 1.82) is 0 Å². The summed E-state index contributed by atoms with van der Waals surface area (Å²) in [5.74, 6) is 1.22. The van der Waals surface area contributed by atoms with Crippen LogP contribution < -0.4 is 10.5 Å². The number of hydrogen-bond donors (Lipinski definition) is 1. The first-order valence-corrected chi connectivity index (χ1v) is 5.98. The van der Waals surface area contributed by atoms with E-state index in [-0.39, 0.29) is 0 Å². The van der Waals surface area contributed by atoms with Gasteiger partial charge in [-0.3, -0.25) is 0 Å². The molecule has 0 saturated carbocycles. The number of nitrogens with two attached hydrogens (primary N) is 1. The van der Waals surface area contributed by atoms with Crippen molar-refractivity contribution < 1.29 is 9.15 Å². The van der Waals surface area contributed by atoms with Gasteiger partial charge in [0.05, 0.1) is 19.1 Å². The Morgan fingerprint density at radius 1 is 1.21 bits per heavy atom. The molecule has 0 unspecified atom stereocenters. The minimum atomic E-state index is 0.490. The van der Waals surface area contributed by atoms with Crippen LogP contribution in [-0.4, -0.2) is 12.1 Å². The molecule has 0 aliphatic rings. The van der Waals surface area contributed by atoms with Crippen LogP contribution in [0.15, 0.2) is 41.0 Å². The quantitative estimate of drug-likeness (QED) is 0.761. The summed E-state index contributed by atoms with van der Waals surface area (Å²) in [5, 5.41) is 1.06. The zero-order valence-corrected chi connectivity index (χ0v) is 10.8. The molecule has 19 heavy (non-hydrogen) atoms. The number of pyridine rings is 1. The molecule has 0 spiro atoms. The van der Waals surface area contributed by atoms with Gasteiger partial charge >= 0.3 is 0 Å². The number of anilines is 1. The summed E-state index contributed by atoms with van der Waals surface area (Å²) in [4.78, 5) is 4.31. The third kappa shape index (κ3) is 1.91. The van der Waals surface area contributed by atoms with Gasteiger partial charge in [0.15, 0.2) is 0 Å². The highest BCUT2D eigenvalue weighted by Gasteiger charge is 2.10. The van der Waals surface area contributed by atoms with Crippen LogP contribution >= 0.6 is 0 Å². The number of aromatic nitrogens is 1. The fraction of sp³-hybridized carbons (Fsp3) is 0.133. The number of hydrogen-bond acceptors (Lipinski definition) is 4. The number of ether oxygens (including phenoxy) is 1. The molecule has 0 fully saturated rings. The minimum absolute atomic E-state index is 0.490. The van der Waals surface area contributed by atoms with E-state index in [2.05, 4.69) is 4.98 Å². The van der Waals surface area contributed by atoms with Crippen LogP contribution in [0.5, 0.6) is 5.75 Å². The molecule has 2 heterocycles. The van der Waals surface area contributed by atoms with Crippen molar-refractivity contribution in [2.45, 2.75) is 6.92 Å². The van der Waals surface area contributed by atoms with Crippen LogP contribution in [0.2, 0.25) is 0 Å². The highest BCUT2D eigenvalue weighted by molar-refractivity contribution is 5.85. The molecular weight excluding hydrogens is 240 g/mol. The normalized spacial score (nSPS) is 10.8. The van der Waals surface area contributed by atoms with Crippen LogP contribution in [0.4, 0.5) is 5.82 Å². The summed E-state index contributed by atoms with van der Waals surface area (Å²) in [6.45, 7) is 1.87. The van der Waals surface area contributed by atoms with Gasteiger partial charge in [0.25, 0.3) is 0 Å². The van der Waals surface area contributed by atoms with Crippen LogP contribution in [0.25, 0.3) is 22.1 Å². The fourth-order valence-corrected chi connectivity index (χ4v) is 2.17. The van der Waals surface area contributed by atoms with Gasteiger partial charge in [-0.25, -0.2) is 4.98 Å². The van der Waals surface area contributed by atoms with Crippen LogP contribution in [0.3, 0.4) is 0 Å². The Bertz CT molecular complexity index is 747. The standard InChI is InChI=1S/C15H14N2O2/c1-9-13(18-2)8-12(15(16)17-9)11-4-3-10-5-6-19-14(10)7-11/h3-8H,1-2H3,(H2,16,17). The van der Waals surface area contributed by atoms with Crippen molar-refractivity contribution in [2.24, 2.45) is 0 Å². The van der Waals surface area contributed by atoms with E-state index in [0.29, 0.717) is 5.82 Å². The Kier molecular flexibility index (Phi) is 2.63. The van der Waals surface area contributed by atoms with E-state index in [1.807, 2.05) is 37.3 Å². The summed E-state index contributed by atoms with van der Waals surface area (Å²) < 4.78 is 10.7. The molecule has 2 N–H and O–H groups in total. The topological polar surface area (TPSA) is 61.3 Å². The number of benzene rings is 1. The minimum Gasteiger partial charge on any atom is -0.495 e. The predicted octanol–water partition coefficient (Wildman–Crippen LogP) is 3.39. The number of nitrogen functional groups attached to an aromatic ring is 1. The van der Waals surface area contributed by atoms with Crippen molar-refractivity contribution >= 4 is 16.8 Å². The fourth-order valence-electron chi connectivity index (χ4n) is 2.17. The Hall–Kier alpha value is -2.49. The Balaban J connectivity index is 2.19. The van der Waals surface area contributed by atoms with E-state index in [0.717, 1.165) is 33.5 Å². The van der Waals surface area contributed by atoms with E-state index in [9.17, 15) is 0 Å². The molecular formula is C15H14N2O2. The van der Waals surface area contributed by atoms with Crippen LogP contribution in [0, 0.1) is 6.92 Å². The third-order valence-corrected chi connectivity index (χ3v) is 3.18. The molecule has 3 rings (SSSR count). The Morgan fingerprint density at radius 2 is 2.05 bits per heavy atom. The molecule has 2 aromatic heterocycles. The SMILES string of the molecule is COc1cc(-c2ccc3ccoc3c2)c(N)nc1C. The number of fused-ring (bicyclic) bond motifs is 1. The second kappa shape index (κ2) is 4.31. The Labute approximate surface area is 110 Å². The number of methoxy groups -OCH3 is 1. The highest BCUT2D eigenvalue weighted by atomic mass is 16.5. The van der Waals surface area contributed by atoms with Gasteiger partial charge in [0.1, 0.15) is 17.2 Å². The van der Waals surface area contributed by atoms with Gasteiger partial charge in [-0.1, -0.05) is 12.1 Å². The number of nitrogens with zero attached hydrogens (tertiary/aromatic N) is 1. The maximum absolute atomic E-state index is 6.00. The first-order chi connectivity index (χ1) is 9.19. The second-order valence-electron chi connectivity index (χ2n) is 4.38. The van der Waals surface area contributed by atoms with Gasteiger partial charge in [-0.2, -0.15) is 0 Å². The molecule has 4 nitrogen and oxygen atoms in total. The maximum atomic E-state index is 6.00. The van der Waals surface area contributed by atoms with E-state index in [1.165, 1.54) is 0 Å². The third-order valence-electron chi connectivity index (χ3n) is 3.18. The van der Waals surface area contributed by atoms with Gasteiger partial charge < -0.3 is 14.9 Å². The van der Waals surface area contributed by atoms with E-state index in [4.69, 9.17) is 14.9 Å².